The summed E-state index contributed by atoms with van der Waals surface area (Å²) < 4.78 is 5.88. The zero-order valence-electron chi connectivity index (χ0n) is 24.7. The number of hydrogen-bond acceptors (Lipinski definition) is 6. The number of nitrogens with zero attached hydrogens (tertiary/aromatic N) is 3. The van der Waals surface area contributed by atoms with E-state index in [-0.39, 0.29) is 36.1 Å². The molecular formula is C33H46N4O3. The van der Waals surface area contributed by atoms with Gasteiger partial charge >= 0.3 is 0 Å². The van der Waals surface area contributed by atoms with Crippen molar-refractivity contribution in [3.05, 3.63) is 58.3 Å². The van der Waals surface area contributed by atoms with E-state index in [9.17, 15) is 14.9 Å². The van der Waals surface area contributed by atoms with Gasteiger partial charge in [0.15, 0.2) is 5.78 Å². The first kappa shape index (κ1) is 31.3. The van der Waals surface area contributed by atoms with E-state index in [1.54, 1.807) is 11.0 Å². The van der Waals surface area contributed by atoms with Crippen LogP contribution < -0.4 is 5.73 Å². The molecule has 7 heteroatoms. The maximum atomic E-state index is 13.1. The van der Waals surface area contributed by atoms with E-state index in [0.717, 1.165) is 73.8 Å². The summed E-state index contributed by atoms with van der Waals surface area (Å²) in [6.45, 7) is 9.42. The first-order valence-electron chi connectivity index (χ1n) is 14.9. The molecular weight excluding hydrogens is 500 g/mol. The van der Waals surface area contributed by atoms with E-state index in [4.69, 9.17) is 10.5 Å². The normalized spacial score (nSPS) is 22.5. The Morgan fingerprint density at radius 3 is 2.77 bits per heavy atom. The highest BCUT2D eigenvalue weighted by molar-refractivity contribution is 6.09. The molecule has 1 amide bonds. The molecule has 1 aromatic carbocycles. The summed E-state index contributed by atoms with van der Waals surface area (Å²) in [5.74, 6) is 0.225. The fraction of sp³-hybridized carbons (Fsp3) is 0.576. The number of amides is 1. The highest BCUT2D eigenvalue weighted by Gasteiger charge is 2.31. The minimum absolute atomic E-state index is 0.0158. The first-order chi connectivity index (χ1) is 19.3. The number of carbonyl (C=O) groups excluding carboxylic acids is 2. The third-order valence-corrected chi connectivity index (χ3v) is 8.04. The molecule has 1 heterocycles. The molecule has 0 radical (unpaired) electrons. The van der Waals surface area contributed by atoms with Crippen molar-refractivity contribution in [1.29, 1.82) is 5.26 Å². The van der Waals surface area contributed by atoms with Gasteiger partial charge in [-0.15, -0.1) is 0 Å². The summed E-state index contributed by atoms with van der Waals surface area (Å²) >= 11 is 0. The lowest BCUT2D eigenvalue weighted by Gasteiger charge is -2.36. The number of ether oxygens (including phenoxy) is 1. The molecule has 216 valence electrons. The molecule has 1 aliphatic carbocycles. The zero-order chi connectivity index (χ0) is 29.1. The lowest BCUT2D eigenvalue weighted by molar-refractivity contribution is -0.140. The van der Waals surface area contributed by atoms with Crippen LogP contribution in [-0.2, 0) is 14.3 Å². The highest BCUT2D eigenvalue weighted by atomic mass is 16.5. The monoisotopic (exact) mass is 546 g/mol. The van der Waals surface area contributed by atoms with Gasteiger partial charge in [0.1, 0.15) is 12.2 Å². The van der Waals surface area contributed by atoms with Crippen LogP contribution in [0.3, 0.4) is 0 Å². The van der Waals surface area contributed by atoms with Gasteiger partial charge in [0.25, 0.3) is 5.91 Å². The third-order valence-electron chi connectivity index (χ3n) is 8.04. The van der Waals surface area contributed by atoms with Crippen LogP contribution in [0.15, 0.2) is 46.6 Å². The highest BCUT2D eigenvalue weighted by Crippen LogP contribution is 2.31. The summed E-state index contributed by atoms with van der Waals surface area (Å²) in [5, 5.41) is 9.38. The molecule has 1 saturated heterocycles. The van der Waals surface area contributed by atoms with Crippen LogP contribution in [0.25, 0.3) is 0 Å². The largest absolute Gasteiger partial charge is 0.394 e. The van der Waals surface area contributed by atoms with Crippen LogP contribution in [0.4, 0.5) is 0 Å². The average Bonchev–Trinajstić information content (AvgIpc) is 3.43. The molecule has 2 N–H and O–H groups in total. The second-order valence-electron chi connectivity index (χ2n) is 11.1. The Morgan fingerprint density at radius 2 is 2.05 bits per heavy atom. The van der Waals surface area contributed by atoms with Crippen molar-refractivity contribution >= 4 is 17.4 Å². The zero-order valence-corrected chi connectivity index (χ0v) is 24.7. The van der Waals surface area contributed by atoms with E-state index < -0.39 is 0 Å². The Hall–Kier alpha value is -3.24. The lowest BCUT2D eigenvalue weighted by Crippen LogP contribution is -2.50. The maximum absolute atomic E-state index is 13.1. The molecule has 0 bridgehead atoms. The number of benzene rings is 1. The molecule has 7 nitrogen and oxygen atoms in total. The Balaban J connectivity index is 1.53. The lowest BCUT2D eigenvalue weighted by atomic mass is 9.85. The number of carbonyl (C=O) groups is 2. The predicted molar refractivity (Wildman–Crippen MR) is 160 cm³/mol. The van der Waals surface area contributed by atoms with Gasteiger partial charge in [-0.05, 0) is 94.4 Å². The number of hydrogen-bond donors (Lipinski definition) is 1. The number of nitriles is 1. The van der Waals surface area contributed by atoms with Gasteiger partial charge in [-0.1, -0.05) is 38.5 Å². The molecule has 1 aliphatic heterocycles. The van der Waals surface area contributed by atoms with Crippen LogP contribution in [0, 0.1) is 18.3 Å². The van der Waals surface area contributed by atoms with Crippen LogP contribution in [0.5, 0.6) is 0 Å². The fourth-order valence-electron chi connectivity index (χ4n) is 5.87. The van der Waals surface area contributed by atoms with Crippen molar-refractivity contribution in [2.45, 2.75) is 104 Å². The summed E-state index contributed by atoms with van der Waals surface area (Å²) in [6.07, 6.45) is 11.8. The first-order valence-corrected chi connectivity index (χ1v) is 14.9. The Morgan fingerprint density at radius 1 is 1.25 bits per heavy atom. The fourth-order valence-corrected chi connectivity index (χ4v) is 5.87. The summed E-state index contributed by atoms with van der Waals surface area (Å²) in [7, 11) is 0. The average molecular weight is 547 g/mol. The van der Waals surface area contributed by atoms with Crippen molar-refractivity contribution in [3.63, 3.8) is 0 Å². The third kappa shape index (κ3) is 8.38. The molecule has 1 saturated carbocycles. The van der Waals surface area contributed by atoms with E-state index in [1.807, 2.05) is 32.1 Å². The molecule has 0 spiro atoms. The SMILES string of the molecule is CCCC(CCC/C=C/C(=O)CN=C1CCC/C1=C(/N)C(=O)N1C[C@H](CC)O[C@H](C)C1)c1cccc(C#N)c1C. The molecule has 1 aromatic rings. The Kier molecular flexibility index (Phi) is 12.1. The minimum atomic E-state index is -0.152. The second kappa shape index (κ2) is 15.5. The molecule has 1 unspecified atom stereocenters. The van der Waals surface area contributed by atoms with Gasteiger partial charge in [-0.2, -0.15) is 5.26 Å². The maximum Gasteiger partial charge on any atom is 0.270 e. The Bertz CT molecular complexity index is 1180. The van der Waals surface area contributed by atoms with Gasteiger partial charge in [0.05, 0.1) is 23.8 Å². The number of rotatable bonds is 12. The number of morpholine rings is 1. The number of ketones is 1. The van der Waals surface area contributed by atoms with Crippen LogP contribution >= 0.6 is 0 Å². The topological polar surface area (TPSA) is 109 Å². The smallest absolute Gasteiger partial charge is 0.270 e. The number of unbranched alkanes of at least 4 members (excludes halogenated alkanes) is 1. The van der Waals surface area contributed by atoms with Crippen molar-refractivity contribution in [2.24, 2.45) is 10.7 Å². The van der Waals surface area contributed by atoms with Crippen molar-refractivity contribution < 1.29 is 14.3 Å². The number of allylic oxidation sites excluding steroid dienone is 2. The van der Waals surface area contributed by atoms with Gasteiger partial charge < -0.3 is 15.4 Å². The molecule has 2 aliphatic rings. The van der Waals surface area contributed by atoms with Crippen molar-refractivity contribution in [1.82, 2.24) is 4.90 Å². The predicted octanol–water partition coefficient (Wildman–Crippen LogP) is 5.91. The van der Waals surface area contributed by atoms with E-state index in [1.165, 1.54) is 5.56 Å². The van der Waals surface area contributed by atoms with Crippen LogP contribution in [0.1, 0.15) is 101 Å². The van der Waals surface area contributed by atoms with Gasteiger partial charge in [0.2, 0.25) is 0 Å². The van der Waals surface area contributed by atoms with E-state index >= 15 is 0 Å². The van der Waals surface area contributed by atoms with Gasteiger partial charge in [-0.25, -0.2) is 0 Å². The minimum Gasteiger partial charge on any atom is -0.394 e. The Labute approximate surface area is 240 Å². The molecule has 0 aromatic heterocycles. The molecule has 40 heavy (non-hydrogen) atoms. The van der Waals surface area contributed by atoms with Crippen LogP contribution in [-0.4, -0.2) is 54.1 Å². The summed E-state index contributed by atoms with van der Waals surface area (Å²) in [4.78, 5) is 32.1. The summed E-state index contributed by atoms with van der Waals surface area (Å²) in [5.41, 5.74) is 11.3. The van der Waals surface area contributed by atoms with E-state index in [0.29, 0.717) is 25.4 Å². The van der Waals surface area contributed by atoms with Crippen molar-refractivity contribution in [3.8, 4) is 6.07 Å². The molecule has 3 rings (SSSR count). The quantitative estimate of drug-likeness (QED) is 0.259. The number of nitrogens with two attached hydrogens (primary N) is 1. The van der Waals surface area contributed by atoms with Crippen molar-refractivity contribution in [2.75, 3.05) is 19.6 Å². The van der Waals surface area contributed by atoms with Gasteiger partial charge in [0, 0.05) is 24.4 Å². The standard InChI is InChI=1S/C33H46N4O3/c1-5-12-25(29-16-10-14-26(19-34)24(29)4)13-8-7-9-15-27(38)20-36-31-18-11-17-30(31)32(35)33(39)37-21-23(3)40-28(6-2)22-37/h9-10,14-16,23,25,28H,5-8,11-13,17-18,20-22,35H2,1-4H3/b15-9+,32-30-,36-31?/t23-,25?,28+/m1/s1. The second-order valence-corrected chi connectivity index (χ2v) is 11.1. The molecule has 3 atom stereocenters. The van der Waals surface area contributed by atoms with Crippen LogP contribution in [0.2, 0.25) is 0 Å². The summed E-state index contributed by atoms with van der Waals surface area (Å²) in [6, 6.07) is 8.29. The molecule has 2 fully saturated rings. The van der Waals surface area contributed by atoms with E-state index in [2.05, 4.69) is 31.0 Å². The van der Waals surface area contributed by atoms with Gasteiger partial charge in [-0.3, -0.25) is 14.6 Å². The number of aliphatic imine (C=N–C) groups is 1.